The number of hydrogen-bond acceptors (Lipinski definition) is 0. The van der Waals surface area contributed by atoms with E-state index < -0.39 is 0 Å². The predicted molar refractivity (Wildman–Crippen MR) is 73.6 cm³/mol. The molecule has 0 nitrogen and oxygen atoms in total. The molecular weight excluding hydrogens is 418 g/mol. The maximum absolute atomic E-state index is 2.34. The number of halogens is 2. The molecule has 0 aliphatic heterocycles. The van der Waals surface area contributed by atoms with Gasteiger partial charge in [-0.3, -0.25) is 0 Å². The molecule has 87 valence electrons. The largest absolute Gasteiger partial charge is 0.147 e. The van der Waals surface area contributed by atoms with Crippen LogP contribution in [-0.2, 0) is 24.4 Å². The molecule has 1 aromatic rings. The first-order valence-corrected chi connectivity index (χ1v) is 6.98. The van der Waals surface area contributed by atoms with E-state index in [1.807, 2.05) is 0 Å². The molecule has 1 unspecified atom stereocenters. The van der Waals surface area contributed by atoms with Crippen molar-refractivity contribution in [1.82, 2.24) is 0 Å². The van der Waals surface area contributed by atoms with Crippen LogP contribution < -0.4 is 0 Å². The molecule has 0 bridgehead atoms. The molecule has 0 heterocycles. The van der Waals surface area contributed by atoms with E-state index in [1.54, 1.807) is 3.33 Å². The van der Waals surface area contributed by atoms with Gasteiger partial charge in [-0.05, 0) is 0 Å². The third kappa shape index (κ3) is 2.38. The second-order valence-electron chi connectivity index (χ2n) is 4.14. The zero-order valence-electron chi connectivity index (χ0n) is 9.44. The van der Waals surface area contributed by atoms with Gasteiger partial charge < -0.3 is 0 Å². The summed E-state index contributed by atoms with van der Waals surface area (Å²) in [5, 5.41) is 0. The van der Waals surface area contributed by atoms with E-state index in [0.717, 1.165) is 24.4 Å². The van der Waals surface area contributed by atoms with Crippen LogP contribution in [-0.4, -0.2) is 0 Å². The molecule has 3 heteroatoms. The third-order valence-corrected chi connectivity index (χ3v) is 5.13. The van der Waals surface area contributed by atoms with E-state index in [2.05, 4.69) is 49.4 Å². The van der Waals surface area contributed by atoms with Crippen LogP contribution in [0.1, 0.15) is 22.6 Å². The second kappa shape index (κ2) is 5.69. The summed E-state index contributed by atoms with van der Waals surface area (Å²) < 4.78 is 1.58. The number of hydrogen-bond donors (Lipinski definition) is 0. The molecular formula is C14H13Cl2Hf. The average molecular weight is 431 g/mol. The predicted octanol–water partition coefficient (Wildman–Crippen LogP) is 4.32. The zero-order valence-corrected chi connectivity index (χ0v) is 14.7. The van der Waals surface area contributed by atoms with Gasteiger partial charge in [-0.2, -0.15) is 0 Å². The van der Waals surface area contributed by atoms with Crippen molar-refractivity contribution in [3.05, 3.63) is 64.8 Å². The normalized spacial score (nSPS) is 19.2. The summed E-state index contributed by atoms with van der Waals surface area (Å²) in [4.78, 5) is 0. The van der Waals surface area contributed by atoms with Crippen LogP contribution in [0.25, 0.3) is 3.33 Å². The first-order chi connectivity index (χ1) is 7.27. The van der Waals surface area contributed by atoms with Crippen LogP contribution in [0.2, 0.25) is 0 Å². The Morgan fingerprint density at radius 1 is 1.12 bits per heavy atom. The van der Waals surface area contributed by atoms with Crippen molar-refractivity contribution in [2.75, 3.05) is 0 Å². The number of allylic oxidation sites excluding steroid dienone is 5. The molecule has 1 aromatic carbocycles. The molecule has 0 spiro atoms. The van der Waals surface area contributed by atoms with Gasteiger partial charge in [-0.1, -0.05) is 0 Å². The smallest absolute Gasteiger partial charge is 0.147 e. The molecule has 0 N–H and O–H groups in total. The average Bonchev–Trinajstić information content (AvgIpc) is 2.54. The Hall–Kier alpha value is -0.110. The Labute approximate surface area is 129 Å². The molecule has 0 saturated heterocycles. The third-order valence-electron chi connectivity index (χ3n) is 3.13. The Balaban J connectivity index is 0.000000722. The minimum atomic E-state index is 0. The fourth-order valence-corrected chi connectivity index (χ4v) is 4.00. The molecule has 1 atom stereocenters. The summed E-state index contributed by atoms with van der Waals surface area (Å²) in [5.41, 5.74) is 5.90. The van der Waals surface area contributed by atoms with Gasteiger partial charge in [0.1, 0.15) is 0 Å². The minimum absolute atomic E-state index is 0. The van der Waals surface area contributed by atoms with Crippen molar-refractivity contribution in [3.63, 3.8) is 0 Å². The summed E-state index contributed by atoms with van der Waals surface area (Å²) in [6.45, 7) is 2.17. The summed E-state index contributed by atoms with van der Waals surface area (Å²) in [5.74, 6) is 0.540. The first kappa shape index (κ1) is 14.9. The van der Waals surface area contributed by atoms with E-state index >= 15 is 0 Å². The van der Waals surface area contributed by atoms with Gasteiger partial charge in [-0.25, -0.2) is 0 Å². The monoisotopic (exact) mass is 431 g/mol. The fraction of sp³-hybridized carbons (Fsp3) is 0.143. The molecule has 0 amide bonds. The van der Waals surface area contributed by atoms with Gasteiger partial charge in [0.05, 0.1) is 0 Å². The molecule has 2 aliphatic rings. The van der Waals surface area contributed by atoms with E-state index in [0.29, 0.717) is 5.92 Å². The summed E-state index contributed by atoms with van der Waals surface area (Å²) in [6.07, 6.45) is 8.91. The minimum Gasteiger partial charge on any atom is -0.147 e. The Morgan fingerprint density at radius 3 is 2.65 bits per heavy atom. The van der Waals surface area contributed by atoms with E-state index in [9.17, 15) is 0 Å². The Kier molecular flexibility index (Phi) is 5.00. The number of fused-ring (bicyclic) bond motifs is 3. The number of benzene rings is 1. The van der Waals surface area contributed by atoms with Gasteiger partial charge in [-0.15, -0.1) is 24.8 Å². The Morgan fingerprint density at radius 2 is 1.88 bits per heavy atom. The Bertz CT molecular complexity index is 527. The van der Waals surface area contributed by atoms with Crippen molar-refractivity contribution >= 4 is 28.1 Å². The molecule has 0 saturated carbocycles. The number of rotatable bonds is 0. The first-order valence-electron chi connectivity index (χ1n) is 5.19. The van der Waals surface area contributed by atoms with Crippen LogP contribution in [0.5, 0.6) is 0 Å². The van der Waals surface area contributed by atoms with Crippen LogP contribution in [0.4, 0.5) is 0 Å². The van der Waals surface area contributed by atoms with Crippen molar-refractivity contribution in [2.45, 2.75) is 12.8 Å². The summed E-state index contributed by atoms with van der Waals surface area (Å²) in [7, 11) is 0. The van der Waals surface area contributed by atoms with Crippen LogP contribution in [0, 0.1) is 6.92 Å². The number of aryl methyl sites for hydroxylation is 1. The maximum atomic E-state index is 2.34. The molecule has 17 heavy (non-hydrogen) atoms. The van der Waals surface area contributed by atoms with Crippen molar-refractivity contribution < 1.29 is 24.4 Å². The summed E-state index contributed by atoms with van der Waals surface area (Å²) in [6, 6.07) is 6.86. The van der Waals surface area contributed by atoms with Crippen molar-refractivity contribution in [2.24, 2.45) is 0 Å². The van der Waals surface area contributed by atoms with Gasteiger partial charge in [0.15, 0.2) is 0 Å². The van der Waals surface area contributed by atoms with Crippen LogP contribution in [0.3, 0.4) is 0 Å². The van der Waals surface area contributed by atoms with Crippen molar-refractivity contribution in [1.29, 1.82) is 0 Å². The van der Waals surface area contributed by atoms with Crippen molar-refractivity contribution in [3.8, 4) is 0 Å². The molecule has 2 aliphatic carbocycles. The standard InChI is InChI=1S/C14H11.2ClH.Hf/c1-10-6-7-14-12(8-10)9-11-4-2-3-5-13(11)14;;;/h2-8,13H,1H3;2*1H;. The van der Waals surface area contributed by atoms with Crippen LogP contribution in [0.15, 0.2) is 48.1 Å². The van der Waals surface area contributed by atoms with Crippen LogP contribution >= 0.6 is 24.8 Å². The second-order valence-corrected chi connectivity index (χ2v) is 5.94. The molecule has 0 aromatic heterocycles. The maximum Gasteiger partial charge on any atom is -0.147 e. The van der Waals surface area contributed by atoms with Gasteiger partial charge in [0.2, 0.25) is 0 Å². The van der Waals surface area contributed by atoms with Gasteiger partial charge >= 0.3 is 105 Å². The van der Waals surface area contributed by atoms with Gasteiger partial charge in [0, 0.05) is 0 Å². The topological polar surface area (TPSA) is 0 Å². The molecule has 3 rings (SSSR count). The fourth-order valence-electron chi connectivity index (χ4n) is 2.37. The zero-order chi connectivity index (χ0) is 10.4. The molecule has 0 fully saturated rings. The quantitative estimate of drug-likeness (QED) is 0.538. The van der Waals surface area contributed by atoms with E-state index in [-0.39, 0.29) is 24.8 Å². The SMILES string of the molecule is Cc1ccc2c(c1)[C]([Hf])=C1C=CC=CC12.Cl.Cl. The van der Waals surface area contributed by atoms with Gasteiger partial charge in [0.25, 0.3) is 0 Å². The van der Waals surface area contributed by atoms with E-state index in [1.165, 1.54) is 22.3 Å². The molecule has 0 radical (unpaired) electrons. The van der Waals surface area contributed by atoms with E-state index in [4.69, 9.17) is 0 Å². The summed E-state index contributed by atoms with van der Waals surface area (Å²) >= 11 is 1.14.